The first-order chi connectivity index (χ1) is 14.7. The topological polar surface area (TPSA) is 111 Å². The number of hydrogen-bond donors (Lipinski definition) is 1. The lowest BCUT2D eigenvalue weighted by Crippen LogP contribution is -2.21. The Morgan fingerprint density at radius 3 is 2.77 bits per heavy atom. The fraction of sp³-hybridized carbons (Fsp3) is 0.333. The van der Waals surface area contributed by atoms with Crippen molar-refractivity contribution in [3.8, 4) is 11.3 Å². The van der Waals surface area contributed by atoms with Crippen molar-refractivity contribution in [2.24, 2.45) is 0 Å². The molecule has 0 spiro atoms. The van der Waals surface area contributed by atoms with Crippen molar-refractivity contribution in [2.45, 2.75) is 39.0 Å². The summed E-state index contributed by atoms with van der Waals surface area (Å²) >= 11 is 0. The predicted molar refractivity (Wildman–Crippen MR) is 110 cm³/mol. The summed E-state index contributed by atoms with van der Waals surface area (Å²) in [5, 5.41) is 8.75. The molecule has 0 saturated carbocycles. The van der Waals surface area contributed by atoms with Crippen molar-refractivity contribution >= 4 is 11.6 Å². The molecule has 0 saturated heterocycles. The van der Waals surface area contributed by atoms with Gasteiger partial charge in [-0.05, 0) is 25.5 Å². The highest BCUT2D eigenvalue weighted by Gasteiger charge is 2.29. The Morgan fingerprint density at radius 2 is 2.07 bits per heavy atom. The Kier molecular flexibility index (Phi) is 5.78. The molecular weight excluding hydrogens is 382 g/mol. The summed E-state index contributed by atoms with van der Waals surface area (Å²) in [5.74, 6) is -0.471. The zero-order chi connectivity index (χ0) is 20.9. The second-order valence-corrected chi connectivity index (χ2v) is 6.88. The zero-order valence-electron chi connectivity index (χ0n) is 16.9. The molecule has 9 heteroatoms. The summed E-state index contributed by atoms with van der Waals surface area (Å²) in [4.78, 5) is 28.9. The van der Waals surface area contributed by atoms with E-state index in [9.17, 15) is 4.79 Å². The van der Waals surface area contributed by atoms with Crippen LogP contribution in [0.2, 0.25) is 0 Å². The molecule has 0 aliphatic carbocycles. The van der Waals surface area contributed by atoms with Gasteiger partial charge in [-0.25, -0.2) is 9.97 Å². The molecule has 0 bridgehead atoms. The van der Waals surface area contributed by atoms with Gasteiger partial charge in [0, 0.05) is 36.8 Å². The lowest BCUT2D eigenvalue weighted by molar-refractivity contribution is -0.145. The van der Waals surface area contributed by atoms with Crippen LogP contribution in [0.3, 0.4) is 0 Å². The number of rotatable bonds is 8. The Hall–Kier alpha value is -3.62. The third-order valence-corrected chi connectivity index (χ3v) is 4.80. The molecule has 0 amide bonds. The molecule has 0 aromatic carbocycles. The quantitative estimate of drug-likeness (QED) is 0.449. The smallest absolute Gasteiger partial charge is 0.317 e. The van der Waals surface area contributed by atoms with E-state index in [4.69, 9.17) is 9.72 Å². The van der Waals surface area contributed by atoms with E-state index >= 15 is 0 Å². The van der Waals surface area contributed by atoms with Crippen LogP contribution in [-0.4, -0.2) is 47.1 Å². The maximum Gasteiger partial charge on any atom is 0.317 e. The Balaban J connectivity index is 1.85. The van der Waals surface area contributed by atoms with Gasteiger partial charge >= 0.3 is 5.97 Å². The molecule has 0 aliphatic heterocycles. The number of aromatic nitrogens is 7. The van der Waals surface area contributed by atoms with Crippen molar-refractivity contribution in [2.75, 3.05) is 6.61 Å². The second kappa shape index (κ2) is 8.81. The van der Waals surface area contributed by atoms with E-state index in [1.54, 1.807) is 31.8 Å². The number of carbonyl (C=O) groups is 1. The third-order valence-electron chi connectivity index (χ3n) is 4.80. The van der Waals surface area contributed by atoms with Crippen LogP contribution in [0.4, 0.5) is 0 Å². The molecule has 1 unspecified atom stereocenters. The molecule has 30 heavy (non-hydrogen) atoms. The number of ether oxygens (including phenoxy) is 1. The SMILES string of the molecule is CCCc1nc(-c2ccncc2)cn2c(C(Cc3c[nH]cn3)C(=O)OCC)nnc12. The first-order valence-electron chi connectivity index (χ1n) is 10.0. The van der Waals surface area contributed by atoms with Gasteiger partial charge in [0.05, 0.1) is 30.0 Å². The van der Waals surface area contributed by atoms with Gasteiger partial charge in [-0.15, -0.1) is 10.2 Å². The van der Waals surface area contributed by atoms with E-state index in [1.165, 1.54) is 0 Å². The summed E-state index contributed by atoms with van der Waals surface area (Å²) < 4.78 is 7.20. The predicted octanol–water partition coefficient (Wildman–Crippen LogP) is 2.75. The third kappa shape index (κ3) is 3.91. The number of fused-ring (bicyclic) bond motifs is 1. The van der Waals surface area contributed by atoms with E-state index in [0.717, 1.165) is 35.5 Å². The average Bonchev–Trinajstić information content (AvgIpc) is 3.43. The lowest BCUT2D eigenvalue weighted by Gasteiger charge is -2.14. The minimum absolute atomic E-state index is 0.289. The number of carbonyl (C=O) groups excluding carboxylic acids is 1. The number of imidazole rings is 1. The highest BCUT2D eigenvalue weighted by molar-refractivity contribution is 5.78. The van der Waals surface area contributed by atoms with E-state index in [2.05, 4.69) is 32.1 Å². The summed E-state index contributed by atoms with van der Waals surface area (Å²) in [6, 6.07) is 3.81. The van der Waals surface area contributed by atoms with Gasteiger partial charge in [-0.2, -0.15) is 0 Å². The minimum Gasteiger partial charge on any atom is -0.465 e. The summed E-state index contributed by atoms with van der Waals surface area (Å²) in [7, 11) is 0. The number of nitrogens with one attached hydrogen (secondary N) is 1. The lowest BCUT2D eigenvalue weighted by atomic mass is 10.0. The molecule has 0 radical (unpaired) electrons. The Labute approximate surface area is 173 Å². The van der Waals surface area contributed by atoms with Gasteiger partial charge in [0.15, 0.2) is 11.5 Å². The largest absolute Gasteiger partial charge is 0.465 e. The van der Waals surface area contributed by atoms with Crippen molar-refractivity contribution in [1.82, 2.24) is 34.5 Å². The molecular formula is C21H23N7O2. The highest BCUT2D eigenvalue weighted by atomic mass is 16.5. The van der Waals surface area contributed by atoms with Gasteiger partial charge in [-0.1, -0.05) is 13.3 Å². The molecule has 4 rings (SSSR count). The standard InChI is InChI=1S/C21H23N7O2/c1-3-5-17-20-27-26-19(16(21(29)30-4-2)10-15-11-23-13-24-15)28(20)12-18(25-17)14-6-8-22-9-7-14/h6-9,11-13,16H,3-5,10H2,1-2H3,(H,23,24). The van der Waals surface area contributed by atoms with Crippen LogP contribution < -0.4 is 0 Å². The maximum atomic E-state index is 12.8. The molecule has 4 heterocycles. The molecule has 1 atom stereocenters. The molecule has 1 N–H and O–H groups in total. The highest BCUT2D eigenvalue weighted by Crippen LogP contribution is 2.25. The number of esters is 1. The van der Waals surface area contributed by atoms with Crippen LogP contribution in [0.25, 0.3) is 16.9 Å². The number of nitrogens with zero attached hydrogens (tertiary/aromatic N) is 6. The number of hydrogen-bond acceptors (Lipinski definition) is 7. The molecule has 0 aliphatic rings. The van der Waals surface area contributed by atoms with Crippen LogP contribution >= 0.6 is 0 Å². The van der Waals surface area contributed by atoms with Crippen molar-refractivity contribution in [3.63, 3.8) is 0 Å². The summed E-state index contributed by atoms with van der Waals surface area (Å²) in [5.41, 5.74) is 3.96. The van der Waals surface area contributed by atoms with Gasteiger partial charge in [0.25, 0.3) is 0 Å². The van der Waals surface area contributed by atoms with Crippen LogP contribution in [-0.2, 0) is 22.4 Å². The van der Waals surface area contributed by atoms with Crippen molar-refractivity contribution in [3.05, 3.63) is 60.5 Å². The molecule has 4 aromatic heterocycles. The average molecular weight is 405 g/mol. The summed E-state index contributed by atoms with van der Waals surface area (Å²) in [6.45, 7) is 4.17. The molecule has 9 nitrogen and oxygen atoms in total. The van der Waals surface area contributed by atoms with Crippen LogP contribution in [0.5, 0.6) is 0 Å². The van der Waals surface area contributed by atoms with Gasteiger partial charge in [-0.3, -0.25) is 14.2 Å². The van der Waals surface area contributed by atoms with Crippen molar-refractivity contribution < 1.29 is 9.53 Å². The van der Waals surface area contributed by atoms with E-state index in [-0.39, 0.29) is 12.6 Å². The first-order valence-corrected chi connectivity index (χ1v) is 10.0. The molecule has 0 fully saturated rings. The molecule has 154 valence electrons. The fourth-order valence-electron chi connectivity index (χ4n) is 3.41. The van der Waals surface area contributed by atoms with E-state index in [1.807, 2.05) is 22.7 Å². The zero-order valence-corrected chi connectivity index (χ0v) is 16.9. The molecule has 4 aromatic rings. The fourth-order valence-corrected chi connectivity index (χ4v) is 3.41. The first kappa shape index (κ1) is 19.7. The van der Waals surface area contributed by atoms with Crippen LogP contribution in [0, 0.1) is 0 Å². The number of pyridine rings is 1. The van der Waals surface area contributed by atoms with Crippen LogP contribution in [0.1, 0.15) is 43.4 Å². The van der Waals surface area contributed by atoms with E-state index < -0.39 is 5.92 Å². The normalized spacial score (nSPS) is 12.2. The maximum absolute atomic E-state index is 12.8. The van der Waals surface area contributed by atoms with E-state index in [0.29, 0.717) is 17.9 Å². The number of aryl methyl sites for hydroxylation is 1. The second-order valence-electron chi connectivity index (χ2n) is 6.88. The Bertz CT molecular complexity index is 1120. The summed E-state index contributed by atoms with van der Waals surface area (Å²) in [6.07, 6.45) is 10.7. The van der Waals surface area contributed by atoms with Crippen LogP contribution in [0.15, 0.2) is 43.2 Å². The van der Waals surface area contributed by atoms with Gasteiger partial charge < -0.3 is 9.72 Å². The van der Waals surface area contributed by atoms with Gasteiger partial charge in [0.2, 0.25) is 0 Å². The monoisotopic (exact) mass is 405 g/mol. The Morgan fingerprint density at radius 1 is 1.23 bits per heavy atom. The van der Waals surface area contributed by atoms with Gasteiger partial charge in [0.1, 0.15) is 5.92 Å². The minimum atomic E-state index is -0.634. The van der Waals surface area contributed by atoms with Crippen molar-refractivity contribution in [1.29, 1.82) is 0 Å². The number of aromatic amines is 1. The number of H-pyrrole nitrogens is 1.